The van der Waals surface area contributed by atoms with E-state index in [1.165, 1.54) is 11.8 Å². The predicted octanol–water partition coefficient (Wildman–Crippen LogP) is 3.63. The Kier molecular flexibility index (Phi) is 4.95. The number of amides is 1. The van der Waals surface area contributed by atoms with Crippen molar-refractivity contribution in [2.24, 2.45) is 0 Å². The second-order valence-corrected chi connectivity index (χ2v) is 7.27. The van der Waals surface area contributed by atoms with Crippen molar-refractivity contribution < 1.29 is 14.3 Å². The van der Waals surface area contributed by atoms with Crippen molar-refractivity contribution in [1.82, 2.24) is 15.0 Å². The van der Waals surface area contributed by atoms with E-state index in [1.807, 2.05) is 50.4 Å². The fourth-order valence-corrected chi connectivity index (χ4v) is 3.54. The molecule has 144 valence electrons. The highest BCUT2D eigenvalue weighted by atomic mass is 32.2. The minimum absolute atomic E-state index is 0.280. The molecule has 1 aliphatic heterocycles. The average Bonchev–Trinajstić information content (AvgIpc) is 3.09. The van der Waals surface area contributed by atoms with Gasteiger partial charge in [-0.25, -0.2) is 4.68 Å². The highest BCUT2D eigenvalue weighted by molar-refractivity contribution is 7.98. The average molecular weight is 396 g/mol. The first-order valence-corrected chi connectivity index (χ1v) is 10.1. The fourth-order valence-electron chi connectivity index (χ4n) is 2.99. The second kappa shape index (κ2) is 7.55. The second-order valence-electron chi connectivity index (χ2n) is 6.42. The Morgan fingerprint density at radius 1 is 1.11 bits per heavy atom. The number of aromatic nitrogens is 3. The first-order valence-electron chi connectivity index (χ1n) is 8.85. The van der Waals surface area contributed by atoms with Gasteiger partial charge in [-0.05, 0) is 38.3 Å². The number of benzene rings is 2. The number of fused-ring (bicyclic) bond motifs is 1. The van der Waals surface area contributed by atoms with Crippen LogP contribution in [0.2, 0.25) is 0 Å². The van der Waals surface area contributed by atoms with Crippen molar-refractivity contribution in [3.05, 3.63) is 53.3 Å². The molecule has 1 aromatic heterocycles. The first-order chi connectivity index (χ1) is 13.6. The van der Waals surface area contributed by atoms with Crippen molar-refractivity contribution in [2.75, 3.05) is 24.8 Å². The number of rotatable bonds is 4. The van der Waals surface area contributed by atoms with Crippen LogP contribution in [0, 0.1) is 13.8 Å². The van der Waals surface area contributed by atoms with Crippen LogP contribution in [0.15, 0.2) is 41.3 Å². The minimum Gasteiger partial charge on any atom is -0.486 e. The number of thioether (sulfide) groups is 1. The minimum atomic E-state index is -0.317. The largest absolute Gasteiger partial charge is 0.486 e. The lowest BCUT2D eigenvalue weighted by Gasteiger charge is -2.20. The number of anilines is 1. The van der Waals surface area contributed by atoms with Gasteiger partial charge in [0.2, 0.25) is 0 Å². The SMILES string of the molecule is CSc1cc2c(cc1NC(=O)c1nnn(-c3ccc(C)cc3)c1C)OCCO2. The molecule has 3 aromatic rings. The van der Waals surface area contributed by atoms with Crippen LogP contribution in [0.5, 0.6) is 11.5 Å². The first kappa shape index (κ1) is 18.4. The lowest BCUT2D eigenvalue weighted by atomic mass is 10.2. The van der Waals surface area contributed by atoms with E-state index in [2.05, 4.69) is 15.6 Å². The van der Waals surface area contributed by atoms with Gasteiger partial charge < -0.3 is 14.8 Å². The van der Waals surface area contributed by atoms with Crippen molar-refractivity contribution in [3.63, 3.8) is 0 Å². The molecule has 2 heterocycles. The number of aryl methyl sites for hydroxylation is 1. The maximum atomic E-state index is 12.9. The number of nitrogens with one attached hydrogen (secondary N) is 1. The Morgan fingerprint density at radius 2 is 1.79 bits per heavy atom. The van der Waals surface area contributed by atoms with Gasteiger partial charge in [0.1, 0.15) is 13.2 Å². The summed E-state index contributed by atoms with van der Waals surface area (Å²) in [5.41, 5.74) is 3.62. The number of ether oxygens (including phenoxy) is 2. The van der Waals surface area contributed by atoms with Gasteiger partial charge in [0.25, 0.3) is 5.91 Å². The third kappa shape index (κ3) is 3.43. The molecule has 0 fully saturated rings. The molecule has 8 heteroatoms. The Balaban J connectivity index is 1.62. The van der Waals surface area contributed by atoms with Gasteiger partial charge >= 0.3 is 0 Å². The summed E-state index contributed by atoms with van der Waals surface area (Å²) >= 11 is 1.52. The molecule has 0 unspecified atom stereocenters. The molecule has 0 radical (unpaired) electrons. The highest BCUT2D eigenvalue weighted by Gasteiger charge is 2.21. The van der Waals surface area contributed by atoms with E-state index < -0.39 is 0 Å². The van der Waals surface area contributed by atoms with Crippen molar-refractivity contribution in [3.8, 4) is 17.2 Å². The molecular formula is C20H20N4O3S. The summed E-state index contributed by atoms with van der Waals surface area (Å²) in [6, 6.07) is 11.6. The molecule has 0 saturated heterocycles. The molecule has 1 aliphatic rings. The molecule has 28 heavy (non-hydrogen) atoms. The van der Waals surface area contributed by atoms with Crippen molar-refractivity contribution in [2.45, 2.75) is 18.7 Å². The van der Waals surface area contributed by atoms with E-state index in [1.54, 1.807) is 10.7 Å². The number of hydrogen-bond donors (Lipinski definition) is 1. The molecule has 2 aromatic carbocycles. The molecule has 0 atom stereocenters. The summed E-state index contributed by atoms with van der Waals surface area (Å²) in [5.74, 6) is 0.998. The van der Waals surface area contributed by atoms with Crippen molar-refractivity contribution >= 4 is 23.4 Å². The van der Waals surface area contributed by atoms with E-state index in [9.17, 15) is 4.79 Å². The van der Waals surface area contributed by atoms with Crippen LogP contribution in [0.25, 0.3) is 5.69 Å². The summed E-state index contributed by atoms with van der Waals surface area (Å²) in [6.07, 6.45) is 1.94. The van der Waals surface area contributed by atoms with E-state index >= 15 is 0 Å². The molecular weight excluding hydrogens is 376 g/mol. The Bertz CT molecular complexity index is 1030. The van der Waals surface area contributed by atoms with Gasteiger partial charge in [0, 0.05) is 11.0 Å². The van der Waals surface area contributed by atoms with Crippen LogP contribution in [-0.4, -0.2) is 40.4 Å². The van der Waals surface area contributed by atoms with Crippen LogP contribution in [0.4, 0.5) is 5.69 Å². The zero-order chi connectivity index (χ0) is 19.7. The number of carbonyl (C=O) groups excluding carboxylic acids is 1. The summed E-state index contributed by atoms with van der Waals surface area (Å²) in [6.45, 7) is 4.86. The smallest absolute Gasteiger partial charge is 0.278 e. The van der Waals surface area contributed by atoms with Gasteiger partial charge in [-0.15, -0.1) is 16.9 Å². The Labute approximate surface area is 167 Å². The van der Waals surface area contributed by atoms with Crippen molar-refractivity contribution in [1.29, 1.82) is 0 Å². The summed E-state index contributed by atoms with van der Waals surface area (Å²) < 4.78 is 12.9. The van der Waals surface area contributed by atoms with Gasteiger partial charge in [-0.1, -0.05) is 22.9 Å². The third-order valence-electron chi connectivity index (χ3n) is 4.50. The number of nitrogens with zero attached hydrogens (tertiary/aromatic N) is 3. The Morgan fingerprint density at radius 3 is 2.46 bits per heavy atom. The van der Waals surface area contributed by atoms with E-state index in [0.717, 1.165) is 16.1 Å². The summed E-state index contributed by atoms with van der Waals surface area (Å²) in [4.78, 5) is 13.8. The predicted molar refractivity (Wildman–Crippen MR) is 108 cm³/mol. The maximum Gasteiger partial charge on any atom is 0.278 e. The quantitative estimate of drug-likeness (QED) is 0.679. The van der Waals surface area contributed by atoms with Gasteiger partial charge in [0.15, 0.2) is 17.2 Å². The summed E-state index contributed by atoms with van der Waals surface area (Å²) in [5, 5.41) is 11.2. The summed E-state index contributed by atoms with van der Waals surface area (Å²) in [7, 11) is 0. The third-order valence-corrected chi connectivity index (χ3v) is 5.28. The molecule has 4 rings (SSSR count). The van der Waals surface area contributed by atoms with Gasteiger partial charge in [0.05, 0.1) is 17.1 Å². The lowest BCUT2D eigenvalue weighted by molar-refractivity contribution is 0.102. The normalized spacial score (nSPS) is 12.7. The van der Waals surface area contributed by atoms with Gasteiger partial charge in [-0.2, -0.15) is 0 Å². The van der Waals surface area contributed by atoms with E-state index in [-0.39, 0.29) is 11.6 Å². The number of hydrogen-bond acceptors (Lipinski definition) is 6. The van der Waals surface area contributed by atoms with E-state index in [0.29, 0.717) is 36.1 Å². The van der Waals surface area contributed by atoms with Crippen LogP contribution in [-0.2, 0) is 0 Å². The lowest BCUT2D eigenvalue weighted by Crippen LogP contribution is -2.18. The molecule has 0 spiro atoms. The molecule has 1 N–H and O–H groups in total. The zero-order valence-corrected chi connectivity index (χ0v) is 16.7. The monoisotopic (exact) mass is 396 g/mol. The molecule has 0 aliphatic carbocycles. The highest BCUT2D eigenvalue weighted by Crippen LogP contribution is 2.39. The van der Waals surface area contributed by atoms with Crippen LogP contribution in [0.3, 0.4) is 0 Å². The topological polar surface area (TPSA) is 78.3 Å². The van der Waals surface area contributed by atoms with Crippen LogP contribution >= 0.6 is 11.8 Å². The Hall–Kier alpha value is -3.00. The molecule has 0 saturated carbocycles. The zero-order valence-electron chi connectivity index (χ0n) is 15.9. The molecule has 7 nitrogen and oxygen atoms in total. The maximum absolute atomic E-state index is 12.9. The number of carbonyl (C=O) groups is 1. The van der Waals surface area contributed by atoms with Crippen LogP contribution < -0.4 is 14.8 Å². The molecule has 1 amide bonds. The molecule has 0 bridgehead atoms. The van der Waals surface area contributed by atoms with Crippen LogP contribution in [0.1, 0.15) is 21.7 Å². The van der Waals surface area contributed by atoms with E-state index in [4.69, 9.17) is 9.47 Å². The fraction of sp³-hybridized carbons (Fsp3) is 0.250. The van der Waals surface area contributed by atoms with Gasteiger partial charge in [-0.3, -0.25) is 4.79 Å². The standard InChI is InChI=1S/C20H20N4O3S/c1-12-4-6-14(7-5-12)24-13(2)19(22-23-24)20(25)21-15-10-16-17(11-18(15)28-3)27-9-8-26-16/h4-7,10-11H,8-9H2,1-3H3,(H,21,25).